The Kier molecular flexibility index (Phi) is 6.48. The van der Waals surface area contributed by atoms with Crippen molar-refractivity contribution in [1.29, 1.82) is 0 Å². The highest BCUT2D eigenvalue weighted by Gasteiger charge is 2.17. The van der Waals surface area contributed by atoms with Crippen molar-refractivity contribution < 1.29 is 9.53 Å². The third-order valence-electron chi connectivity index (χ3n) is 4.94. The molecule has 4 aromatic rings. The summed E-state index contributed by atoms with van der Waals surface area (Å²) in [5.41, 5.74) is 3.99. The normalized spacial score (nSPS) is 10.8. The summed E-state index contributed by atoms with van der Waals surface area (Å²) in [5, 5.41) is 9.56. The molecule has 0 aliphatic heterocycles. The van der Waals surface area contributed by atoms with E-state index in [9.17, 15) is 4.79 Å². The van der Waals surface area contributed by atoms with Crippen molar-refractivity contribution in [2.45, 2.75) is 18.5 Å². The van der Waals surface area contributed by atoms with E-state index in [1.54, 1.807) is 31.4 Å². The SMILES string of the molecule is COc1ccc(C(=O)CSc2nnc(Cc3ccccc3)n2-c2ccc(C)cc2)cc1. The Morgan fingerprint density at radius 3 is 2.32 bits per heavy atom. The third kappa shape index (κ3) is 5.03. The Bertz CT molecular complexity index is 1150. The van der Waals surface area contributed by atoms with Gasteiger partial charge in [-0.15, -0.1) is 10.2 Å². The molecule has 156 valence electrons. The highest BCUT2D eigenvalue weighted by molar-refractivity contribution is 7.99. The molecule has 0 aliphatic carbocycles. The second kappa shape index (κ2) is 9.62. The van der Waals surface area contributed by atoms with Gasteiger partial charge in [0.1, 0.15) is 11.6 Å². The molecule has 0 unspecified atom stereocenters. The number of hydrogen-bond acceptors (Lipinski definition) is 5. The minimum absolute atomic E-state index is 0.0377. The van der Waals surface area contributed by atoms with Crippen LogP contribution < -0.4 is 4.74 Å². The molecule has 0 aliphatic rings. The Hall–Kier alpha value is -3.38. The number of Topliss-reactive ketones (excluding diaryl/α,β-unsaturated/α-hetero) is 1. The molecule has 0 spiro atoms. The summed E-state index contributed by atoms with van der Waals surface area (Å²) in [7, 11) is 1.61. The molecule has 0 fully saturated rings. The molecule has 0 bridgehead atoms. The van der Waals surface area contributed by atoms with Crippen LogP contribution in [0.1, 0.15) is 27.3 Å². The van der Waals surface area contributed by atoms with Crippen LogP contribution in [-0.2, 0) is 6.42 Å². The van der Waals surface area contributed by atoms with Crippen LogP contribution in [0.3, 0.4) is 0 Å². The van der Waals surface area contributed by atoms with Crippen molar-refractivity contribution in [2.75, 3.05) is 12.9 Å². The maximum absolute atomic E-state index is 12.7. The number of carbonyl (C=O) groups is 1. The van der Waals surface area contributed by atoms with Crippen LogP contribution in [0.25, 0.3) is 5.69 Å². The number of aromatic nitrogens is 3. The van der Waals surface area contributed by atoms with Crippen LogP contribution in [0.4, 0.5) is 0 Å². The molecule has 0 amide bonds. The van der Waals surface area contributed by atoms with Gasteiger partial charge in [-0.3, -0.25) is 9.36 Å². The van der Waals surface area contributed by atoms with Crippen molar-refractivity contribution in [1.82, 2.24) is 14.8 Å². The maximum Gasteiger partial charge on any atom is 0.196 e. The molecule has 4 rings (SSSR count). The number of methoxy groups -OCH3 is 1. The zero-order valence-electron chi connectivity index (χ0n) is 17.5. The highest BCUT2D eigenvalue weighted by Crippen LogP contribution is 2.25. The fourth-order valence-electron chi connectivity index (χ4n) is 3.23. The zero-order chi connectivity index (χ0) is 21.6. The number of hydrogen-bond donors (Lipinski definition) is 0. The predicted octanol–water partition coefficient (Wildman–Crippen LogP) is 5.15. The molecule has 0 saturated carbocycles. The molecule has 5 nitrogen and oxygen atoms in total. The van der Waals surface area contributed by atoms with E-state index in [1.165, 1.54) is 17.3 Å². The maximum atomic E-state index is 12.7. The largest absolute Gasteiger partial charge is 0.497 e. The van der Waals surface area contributed by atoms with Gasteiger partial charge in [-0.1, -0.05) is 59.8 Å². The van der Waals surface area contributed by atoms with E-state index in [0.29, 0.717) is 17.1 Å². The fraction of sp³-hybridized carbons (Fsp3) is 0.160. The van der Waals surface area contributed by atoms with Crippen LogP contribution in [0, 0.1) is 6.92 Å². The van der Waals surface area contributed by atoms with E-state index in [0.717, 1.165) is 22.8 Å². The van der Waals surface area contributed by atoms with Gasteiger partial charge in [-0.2, -0.15) is 0 Å². The van der Waals surface area contributed by atoms with Crippen molar-refractivity contribution in [2.24, 2.45) is 0 Å². The first-order chi connectivity index (χ1) is 15.1. The van der Waals surface area contributed by atoms with E-state index in [-0.39, 0.29) is 11.5 Å². The third-order valence-corrected chi connectivity index (χ3v) is 5.87. The molecule has 6 heteroatoms. The summed E-state index contributed by atoms with van der Waals surface area (Å²) < 4.78 is 7.20. The molecule has 1 aromatic heterocycles. The summed E-state index contributed by atoms with van der Waals surface area (Å²) in [6.07, 6.45) is 0.661. The van der Waals surface area contributed by atoms with Crippen molar-refractivity contribution in [3.63, 3.8) is 0 Å². The van der Waals surface area contributed by atoms with Gasteiger partial charge in [-0.25, -0.2) is 0 Å². The Balaban J connectivity index is 1.59. The first-order valence-electron chi connectivity index (χ1n) is 9.99. The lowest BCUT2D eigenvalue weighted by atomic mass is 10.1. The van der Waals surface area contributed by atoms with Gasteiger partial charge >= 0.3 is 0 Å². The van der Waals surface area contributed by atoms with E-state index >= 15 is 0 Å². The van der Waals surface area contributed by atoms with Gasteiger partial charge in [0.05, 0.1) is 12.9 Å². The van der Waals surface area contributed by atoms with Gasteiger partial charge in [0, 0.05) is 17.7 Å². The fourth-order valence-corrected chi connectivity index (χ4v) is 4.10. The Morgan fingerprint density at radius 1 is 0.935 bits per heavy atom. The first kappa shape index (κ1) is 20.9. The lowest BCUT2D eigenvalue weighted by Gasteiger charge is -2.11. The van der Waals surface area contributed by atoms with Gasteiger partial charge in [0.15, 0.2) is 10.9 Å². The van der Waals surface area contributed by atoms with E-state index in [4.69, 9.17) is 4.74 Å². The number of rotatable bonds is 8. The monoisotopic (exact) mass is 429 g/mol. The molecular weight excluding hydrogens is 406 g/mol. The summed E-state index contributed by atoms with van der Waals surface area (Å²) in [6, 6.07) is 25.6. The topological polar surface area (TPSA) is 57.0 Å². The van der Waals surface area contributed by atoms with E-state index in [1.807, 2.05) is 22.8 Å². The van der Waals surface area contributed by atoms with Crippen molar-refractivity contribution >= 4 is 17.5 Å². The molecular formula is C25H23N3O2S. The molecule has 0 atom stereocenters. The van der Waals surface area contributed by atoms with Gasteiger partial charge in [-0.05, 0) is 48.9 Å². The molecule has 0 saturated heterocycles. The molecule has 31 heavy (non-hydrogen) atoms. The van der Waals surface area contributed by atoms with Gasteiger partial charge in [0.25, 0.3) is 0 Å². The van der Waals surface area contributed by atoms with Crippen molar-refractivity contribution in [3.05, 3.63) is 101 Å². The second-order valence-electron chi connectivity index (χ2n) is 7.17. The van der Waals surface area contributed by atoms with Crippen LogP contribution in [0.2, 0.25) is 0 Å². The quantitative estimate of drug-likeness (QED) is 0.286. The number of ether oxygens (including phenoxy) is 1. The van der Waals surface area contributed by atoms with Crippen LogP contribution in [0.5, 0.6) is 5.75 Å². The average Bonchev–Trinajstić information content (AvgIpc) is 3.21. The number of carbonyl (C=O) groups excluding carboxylic acids is 1. The second-order valence-corrected chi connectivity index (χ2v) is 8.11. The highest BCUT2D eigenvalue weighted by atomic mass is 32.2. The smallest absolute Gasteiger partial charge is 0.196 e. The summed E-state index contributed by atoms with van der Waals surface area (Å²) in [4.78, 5) is 12.7. The Morgan fingerprint density at radius 2 is 1.65 bits per heavy atom. The number of ketones is 1. The molecule has 0 N–H and O–H groups in total. The lowest BCUT2D eigenvalue weighted by Crippen LogP contribution is -2.06. The first-order valence-corrected chi connectivity index (χ1v) is 11.0. The summed E-state index contributed by atoms with van der Waals surface area (Å²) in [5.74, 6) is 1.89. The summed E-state index contributed by atoms with van der Waals surface area (Å²) in [6.45, 7) is 2.06. The average molecular weight is 430 g/mol. The number of thioether (sulfide) groups is 1. The zero-order valence-corrected chi connectivity index (χ0v) is 18.3. The predicted molar refractivity (Wildman–Crippen MR) is 123 cm³/mol. The minimum Gasteiger partial charge on any atom is -0.497 e. The van der Waals surface area contributed by atoms with Crippen LogP contribution >= 0.6 is 11.8 Å². The molecule has 0 radical (unpaired) electrons. The minimum atomic E-state index is 0.0377. The number of aryl methyl sites for hydroxylation is 1. The van der Waals surface area contributed by atoms with E-state index in [2.05, 4.69) is 53.5 Å². The van der Waals surface area contributed by atoms with Crippen LogP contribution in [-0.4, -0.2) is 33.4 Å². The standard InChI is InChI=1S/C25H23N3O2S/c1-18-8-12-21(13-9-18)28-24(16-19-6-4-3-5-7-19)26-27-25(28)31-17-23(29)20-10-14-22(30-2)15-11-20/h3-15H,16-17H2,1-2H3. The van der Waals surface area contributed by atoms with Gasteiger partial charge < -0.3 is 4.74 Å². The lowest BCUT2D eigenvalue weighted by molar-refractivity contribution is 0.102. The number of nitrogens with zero attached hydrogens (tertiary/aromatic N) is 3. The Labute approximate surface area is 186 Å². The van der Waals surface area contributed by atoms with Gasteiger partial charge in [0.2, 0.25) is 0 Å². The van der Waals surface area contributed by atoms with E-state index < -0.39 is 0 Å². The molecule has 1 heterocycles. The van der Waals surface area contributed by atoms with Crippen molar-refractivity contribution in [3.8, 4) is 11.4 Å². The number of benzene rings is 3. The molecule has 3 aromatic carbocycles. The summed E-state index contributed by atoms with van der Waals surface area (Å²) >= 11 is 1.40. The van der Waals surface area contributed by atoms with Crippen LogP contribution in [0.15, 0.2) is 84.0 Å².